The van der Waals surface area contributed by atoms with Crippen LogP contribution in [0.5, 0.6) is 11.5 Å². The van der Waals surface area contributed by atoms with Gasteiger partial charge in [0.15, 0.2) is 5.78 Å². The highest BCUT2D eigenvalue weighted by Crippen LogP contribution is 2.36. The molecule has 1 saturated heterocycles. The highest BCUT2D eigenvalue weighted by molar-refractivity contribution is 5.99. The molecule has 0 aliphatic carbocycles. The van der Waals surface area contributed by atoms with Crippen molar-refractivity contribution in [2.75, 3.05) is 13.1 Å². The van der Waals surface area contributed by atoms with Gasteiger partial charge in [0.2, 0.25) is 0 Å². The Hall–Kier alpha value is -3.15. The van der Waals surface area contributed by atoms with Crippen molar-refractivity contribution in [1.29, 1.82) is 0 Å². The Bertz CT molecular complexity index is 961. The second-order valence-corrected chi connectivity index (χ2v) is 7.88. The van der Waals surface area contributed by atoms with Crippen LogP contribution in [0.15, 0.2) is 72.8 Å². The van der Waals surface area contributed by atoms with Crippen LogP contribution in [0.1, 0.15) is 45.8 Å². The maximum absolute atomic E-state index is 13.4. The average Bonchev–Trinajstić information content (AvgIpc) is 2.77. The summed E-state index contributed by atoms with van der Waals surface area (Å²) in [6, 6.07) is 21.6. The molecule has 0 radical (unpaired) electrons. The molecule has 0 unspecified atom stereocenters. The summed E-state index contributed by atoms with van der Waals surface area (Å²) in [5.41, 5.74) is 3.44. The highest BCUT2D eigenvalue weighted by Gasteiger charge is 2.29. The Kier molecular flexibility index (Phi) is 5.84. The molecule has 5 nitrogen and oxygen atoms in total. The fourth-order valence-corrected chi connectivity index (χ4v) is 4.28. The Morgan fingerprint density at radius 2 is 1.33 bits per heavy atom. The molecule has 30 heavy (non-hydrogen) atoms. The maximum atomic E-state index is 13.4. The van der Waals surface area contributed by atoms with E-state index in [0.29, 0.717) is 31.5 Å². The van der Waals surface area contributed by atoms with E-state index >= 15 is 0 Å². The number of piperidine rings is 1. The number of rotatable bonds is 5. The number of hydroxylamine groups is 2. The molecule has 1 aliphatic rings. The summed E-state index contributed by atoms with van der Waals surface area (Å²) in [7, 11) is 0. The quantitative estimate of drug-likeness (QED) is 0.347. The second-order valence-electron chi connectivity index (χ2n) is 7.88. The minimum absolute atomic E-state index is 0.0839. The number of hydrogen-bond donors (Lipinski definition) is 3. The van der Waals surface area contributed by atoms with Crippen LogP contribution < -0.4 is 5.06 Å². The molecule has 0 bridgehead atoms. The Morgan fingerprint density at radius 1 is 0.833 bits per heavy atom. The van der Waals surface area contributed by atoms with E-state index in [-0.39, 0.29) is 34.2 Å². The average molecular weight is 403 g/mol. The predicted molar refractivity (Wildman–Crippen MR) is 115 cm³/mol. The molecular formula is C25H25NO4. The van der Waals surface area contributed by atoms with E-state index in [4.69, 9.17) is 0 Å². The van der Waals surface area contributed by atoms with Gasteiger partial charge in [-0.1, -0.05) is 48.5 Å². The lowest BCUT2D eigenvalue weighted by Gasteiger charge is -2.31. The zero-order chi connectivity index (χ0) is 21.1. The molecule has 0 spiro atoms. The third-order valence-electron chi connectivity index (χ3n) is 5.90. The third kappa shape index (κ3) is 4.22. The highest BCUT2D eigenvalue weighted by atomic mass is 16.5. The Balaban J connectivity index is 1.78. The number of carbonyl (C=O) groups is 1. The number of hydrogen-bond acceptors (Lipinski definition) is 4. The van der Waals surface area contributed by atoms with Crippen LogP contribution in [0, 0.1) is 11.1 Å². The van der Waals surface area contributed by atoms with Crippen LogP contribution in [-0.4, -0.2) is 29.1 Å². The van der Waals surface area contributed by atoms with E-state index in [1.807, 2.05) is 48.5 Å². The van der Waals surface area contributed by atoms with E-state index < -0.39 is 0 Å². The monoisotopic (exact) mass is 403 g/mol. The van der Waals surface area contributed by atoms with Gasteiger partial charge in [-0.3, -0.25) is 4.79 Å². The first-order valence-electron chi connectivity index (χ1n) is 10.3. The van der Waals surface area contributed by atoms with Crippen molar-refractivity contribution in [2.24, 2.45) is 5.92 Å². The first-order chi connectivity index (χ1) is 14.5. The zero-order valence-corrected chi connectivity index (χ0v) is 16.6. The number of nitrogens with one attached hydrogen (secondary N) is 1. The molecule has 0 aromatic heterocycles. The molecule has 154 valence electrons. The molecule has 0 atom stereocenters. The van der Waals surface area contributed by atoms with E-state index in [2.05, 4.69) is 0 Å². The lowest BCUT2D eigenvalue weighted by atomic mass is 9.79. The van der Waals surface area contributed by atoms with Crippen molar-refractivity contribution in [2.45, 2.75) is 18.8 Å². The van der Waals surface area contributed by atoms with Crippen LogP contribution in [0.25, 0.3) is 0 Å². The van der Waals surface area contributed by atoms with E-state index in [9.17, 15) is 20.2 Å². The van der Waals surface area contributed by atoms with Crippen molar-refractivity contribution in [3.05, 3.63) is 100 Å². The summed E-state index contributed by atoms with van der Waals surface area (Å²) < 4.78 is 0. The minimum atomic E-state index is -0.225. The second kappa shape index (κ2) is 8.69. The van der Waals surface area contributed by atoms with Gasteiger partial charge >= 0.3 is 0 Å². The summed E-state index contributed by atoms with van der Waals surface area (Å²) in [5, 5.41) is 31.3. The van der Waals surface area contributed by atoms with E-state index in [1.54, 1.807) is 24.3 Å². The molecule has 3 aromatic carbocycles. The van der Waals surface area contributed by atoms with Crippen LogP contribution >= 0.6 is 0 Å². The Morgan fingerprint density at radius 3 is 1.87 bits per heavy atom. The van der Waals surface area contributed by atoms with E-state index in [1.165, 1.54) is 0 Å². The van der Waals surface area contributed by atoms with Crippen molar-refractivity contribution in [3.8, 4) is 11.5 Å². The third-order valence-corrected chi connectivity index (χ3v) is 5.90. The van der Waals surface area contributed by atoms with Crippen LogP contribution in [0.4, 0.5) is 0 Å². The van der Waals surface area contributed by atoms with E-state index in [0.717, 1.165) is 16.7 Å². The molecule has 3 aromatic rings. The fraction of sp³-hybridized carbons (Fsp3) is 0.240. The number of Topliss-reactive ketones (excluding diaryl/α,β-unsaturated/α-hetero) is 1. The molecular weight excluding hydrogens is 378 g/mol. The first kappa shape index (κ1) is 20.1. The van der Waals surface area contributed by atoms with Gasteiger partial charge in [-0.15, -0.1) is 0 Å². The predicted octanol–water partition coefficient (Wildman–Crippen LogP) is 3.25. The lowest BCUT2D eigenvalue weighted by molar-refractivity contribution is -0.854. The number of ketones is 1. The van der Waals surface area contributed by atoms with Crippen LogP contribution in [0.3, 0.4) is 0 Å². The van der Waals surface area contributed by atoms with Gasteiger partial charge in [-0.25, -0.2) is 0 Å². The van der Waals surface area contributed by atoms with Crippen molar-refractivity contribution in [3.63, 3.8) is 0 Å². The summed E-state index contributed by atoms with van der Waals surface area (Å²) in [6.45, 7) is 0.940. The molecule has 1 heterocycles. The zero-order valence-electron chi connectivity index (χ0n) is 16.6. The first-order valence-corrected chi connectivity index (χ1v) is 10.3. The largest absolute Gasteiger partial charge is 0.634 e. The molecule has 4 rings (SSSR count). The van der Waals surface area contributed by atoms with Crippen molar-refractivity contribution in [1.82, 2.24) is 0 Å². The summed E-state index contributed by atoms with van der Waals surface area (Å²) >= 11 is 0. The van der Waals surface area contributed by atoms with Gasteiger partial charge in [0.05, 0.1) is 13.1 Å². The number of carbonyl (C=O) groups excluding carboxylic acids is 1. The Labute approximate surface area is 175 Å². The summed E-state index contributed by atoms with van der Waals surface area (Å²) in [4.78, 5) is 13.4. The number of phenols is 2. The van der Waals surface area contributed by atoms with Crippen molar-refractivity contribution >= 4 is 5.78 Å². The molecule has 1 aliphatic heterocycles. The number of phenolic OH excluding ortho intramolecular Hbond substituents is 2. The minimum Gasteiger partial charge on any atom is -0.634 e. The fourth-order valence-electron chi connectivity index (χ4n) is 4.28. The number of aromatic hydroxyl groups is 2. The standard InChI is InChI=1S/C25H25NO4/c27-20-9-5-17(6-10-20)24(18-7-11-21(28)12-8-18)22-3-1-2-4-23(22)25(29)19-13-15-26(30)16-14-19/h1-12,19,24,26-28H,13-16H2. The summed E-state index contributed by atoms with van der Waals surface area (Å²) in [6.07, 6.45) is 1.21. The topological polar surface area (TPSA) is 85.0 Å². The lowest BCUT2D eigenvalue weighted by Crippen LogP contribution is -3.08. The molecule has 0 amide bonds. The summed E-state index contributed by atoms with van der Waals surface area (Å²) in [5.74, 6) is 0.0836. The van der Waals surface area contributed by atoms with Crippen LogP contribution in [-0.2, 0) is 0 Å². The maximum Gasteiger partial charge on any atom is 0.166 e. The molecule has 5 heteroatoms. The smallest absolute Gasteiger partial charge is 0.166 e. The van der Waals surface area contributed by atoms with Crippen molar-refractivity contribution < 1.29 is 20.1 Å². The van der Waals surface area contributed by atoms with Gasteiger partial charge in [0, 0.05) is 30.2 Å². The number of quaternary nitrogens is 1. The van der Waals surface area contributed by atoms with Gasteiger partial charge < -0.3 is 20.5 Å². The van der Waals surface area contributed by atoms with Crippen LogP contribution in [0.2, 0.25) is 0 Å². The van der Waals surface area contributed by atoms with Gasteiger partial charge in [-0.2, -0.15) is 0 Å². The normalized spacial score (nSPS) is 19.0. The van der Waals surface area contributed by atoms with Gasteiger partial charge in [0.25, 0.3) is 0 Å². The van der Waals surface area contributed by atoms with Gasteiger partial charge in [-0.05, 0) is 41.0 Å². The number of benzene rings is 3. The molecule has 3 N–H and O–H groups in total. The SMILES string of the molecule is O=C(c1ccccc1C(c1ccc(O)cc1)c1ccc(O)cc1)C1CC[NH+]([O-])CC1. The molecule has 1 fully saturated rings. The molecule has 0 saturated carbocycles. The van der Waals surface area contributed by atoms with Gasteiger partial charge in [0.1, 0.15) is 11.5 Å².